The molecule has 0 aliphatic carbocycles. The maximum absolute atomic E-state index is 6.37. The molecule has 2 aromatic rings. The van der Waals surface area contributed by atoms with E-state index < -0.39 is 0 Å². The van der Waals surface area contributed by atoms with Crippen molar-refractivity contribution in [1.29, 1.82) is 0 Å². The Morgan fingerprint density at radius 1 is 1.21 bits per heavy atom. The van der Waals surface area contributed by atoms with E-state index in [9.17, 15) is 0 Å². The van der Waals surface area contributed by atoms with Crippen LogP contribution in [0, 0.1) is 13.8 Å². The van der Waals surface area contributed by atoms with Crippen LogP contribution in [0.2, 0.25) is 10.0 Å². The van der Waals surface area contributed by atoms with Crippen LogP contribution in [-0.2, 0) is 0 Å². The van der Waals surface area contributed by atoms with Crippen LogP contribution < -0.4 is 4.74 Å². The Hall–Kier alpha value is -1.30. The zero-order valence-electron chi connectivity index (χ0n) is 13.7. The molecule has 24 heavy (non-hydrogen) atoms. The second kappa shape index (κ2) is 7.72. The molecular weight excluding hydrogens is 365 g/mol. The standard InChI is InChI=1S/C17H19Cl2N3OS/c1-11-8-14(20-10-22-6-4-3-5-7-22)13(18)9-15(11)23-17-16(19)12(2)21-24-17/h8-10H,3-7H2,1-2H3. The van der Waals surface area contributed by atoms with E-state index in [4.69, 9.17) is 27.9 Å². The Balaban J connectivity index is 1.78. The maximum atomic E-state index is 6.37. The number of aromatic nitrogens is 1. The third-order valence-electron chi connectivity index (χ3n) is 3.96. The van der Waals surface area contributed by atoms with Crippen molar-refractivity contribution in [1.82, 2.24) is 9.27 Å². The van der Waals surface area contributed by atoms with Crippen LogP contribution in [0.1, 0.15) is 30.5 Å². The van der Waals surface area contributed by atoms with Gasteiger partial charge in [-0.05, 0) is 44.7 Å². The van der Waals surface area contributed by atoms with Crippen LogP contribution in [0.4, 0.5) is 5.69 Å². The molecule has 1 aliphatic rings. The summed E-state index contributed by atoms with van der Waals surface area (Å²) in [4.78, 5) is 6.77. The monoisotopic (exact) mass is 383 g/mol. The topological polar surface area (TPSA) is 37.7 Å². The van der Waals surface area contributed by atoms with Crippen LogP contribution in [0.5, 0.6) is 10.8 Å². The molecule has 0 saturated carbocycles. The maximum Gasteiger partial charge on any atom is 0.218 e. The van der Waals surface area contributed by atoms with Crippen molar-refractivity contribution in [2.75, 3.05) is 13.1 Å². The van der Waals surface area contributed by atoms with E-state index in [1.807, 2.05) is 26.3 Å². The lowest BCUT2D eigenvalue weighted by atomic mass is 10.1. The van der Waals surface area contributed by atoms with E-state index in [1.165, 1.54) is 30.8 Å². The molecule has 0 unspecified atom stereocenters. The molecule has 0 amide bonds. The lowest BCUT2D eigenvalue weighted by Gasteiger charge is -2.23. The predicted molar refractivity (Wildman–Crippen MR) is 102 cm³/mol. The molecule has 1 aliphatic heterocycles. The summed E-state index contributed by atoms with van der Waals surface area (Å²) in [6.45, 7) is 5.94. The second-order valence-electron chi connectivity index (χ2n) is 5.88. The van der Waals surface area contributed by atoms with Gasteiger partial charge in [0.25, 0.3) is 0 Å². The van der Waals surface area contributed by atoms with Gasteiger partial charge in [-0.25, -0.2) is 4.99 Å². The molecule has 3 rings (SSSR count). The summed E-state index contributed by atoms with van der Waals surface area (Å²) < 4.78 is 10.1. The average molecular weight is 384 g/mol. The largest absolute Gasteiger partial charge is 0.443 e. The Morgan fingerprint density at radius 2 is 1.96 bits per heavy atom. The highest BCUT2D eigenvalue weighted by Crippen LogP contribution is 2.39. The normalized spacial score (nSPS) is 15.2. The number of halogens is 2. The van der Waals surface area contributed by atoms with Crippen molar-refractivity contribution in [3.05, 3.63) is 33.4 Å². The zero-order chi connectivity index (χ0) is 17.1. The summed E-state index contributed by atoms with van der Waals surface area (Å²) in [5, 5.41) is 1.68. The molecule has 7 heteroatoms. The summed E-state index contributed by atoms with van der Waals surface area (Å²) >= 11 is 13.8. The SMILES string of the molecule is Cc1cc(N=CN2CCCCC2)c(Cl)cc1Oc1snc(C)c1Cl. The van der Waals surface area contributed by atoms with Gasteiger partial charge in [-0.3, -0.25) is 0 Å². The molecule has 2 heterocycles. The predicted octanol–water partition coefficient (Wildman–Crippen LogP) is 6.00. The van der Waals surface area contributed by atoms with Crippen LogP contribution in [0.25, 0.3) is 0 Å². The van der Waals surface area contributed by atoms with E-state index in [0.717, 1.165) is 30.0 Å². The van der Waals surface area contributed by atoms with Gasteiger partial charge in [0.05, 0.1) is 22.7 Å². The first-order chi connectivity index (χ1) is 11.5. The molecule has 0 spiro atoms. The molecule has 0 radical (unpaired) electrons. The number of aryl methyl sites for hydroxylation is 2. The van der Waals surface area contributed by atoms with E-state index in [2.05, 4.69) is 14.3 Å². The molecule has 0 N–H and O–H groups in total. The van der Waals surface area contributed by atoms with Gasteiger partial charge >= 0.3 is 0 Å². The molecule has 4 nitrogen and oxygen atoms in total. The summed E-state index contributed by atoms with van der Waals surface area (Å²) in [6, 6.07) is 3.71. The van der Waals surface area contributed by atoms with Crippen LogP contribution >= 0.6 is 34.7 Å². The highest BCUT2D eigenvalue weighted by molar-refractivity contribution is 7.08. The number of benzene rings is 1. The Bertz CT molecular complexity index is 755. The number of piperidine rings is 1. The number of likely N-dealkylation sites (tertiary alicyclic amines) is 1. The molecule has 1 aromatic heterocycles. The van der Waals surface area contributed by atoms with Crippen molar-refractivity contribution in [2.45, 2.75) is 33.1 Å². The van der Waals surface area contributed by atoms with Gasteiger partial charge in [0.1, 0.15) is 10.8 Å². The fourth-order valence-corrected chi connectivity index (χ4v) is 3.64. The smallest absolute Gasteiger partial charge is 0.218 e. The van der Waals surface area contributed by atoms with Gasteiger partial charge < -0.3 is 9.64 Å². The highest BCUT2D eigenvalue weighted by atomic mass is 35.5. The zero-order valence-corrected chi connectivity index (χ0v) is 16.0. The molecule has 0 bridgehead atoms. The summed E-state index contributed by atoms with van der Waals surface area (Å²) in [5.74, 6) is 0.669. The third kappa shape index (κ3) is 4.02. The van der Waals surface area contributed by atoms with E-state index >= 15 is 0 Å². The number of hydrogen-bond donors (Lipinski definition) is 0. The Morgan fingerprint density at radius 3 is 2.62 bits per heavy atom. The van der Waals surface area contributed by atoms with Crippen molar-refractivity contribution in [3.63, 3.8) is 0 Å². The molecule has 1 aromatic carbocycles. The second-order valence-corrected chi connectivity index (χ2v) is 7.40. The Kier molecular flexibility index (Phi) is 5.64. The fourth-order valence-electron chi connectivity index (χ4n) is 2.54. The number of rotatable bonds is 4. The van der Waals surface area contributed by atoms with E-state index in [-0.39, 0.29) is 0 Å². The first kappa shape index (κ1) is 17.5. The average Bonchev–Trinajstić information content (AvgIpc) is 2.89. The fraction of sp³-hybridized carbons (Fsp3) is 0.412. The highest BCUT2D eigenvalue weighted by Gasteiger charge is 2.14. The van der Waals surface area contributed by atoms with Gasteiger partial charge in [-0.2, -0.15) is 4.37 Å². The van der Waals surface area contributed by atoms with E-state index in [1.54, 1.807) is 6.07 Å². The number of aliphatic imine (C=N–C) groups is 1. The minimum absolute atomic E-state index is 0.544. The van der Waals surface area contributed by atoms with Crippen LogP contribution in [0.3, 0.4) is 0 Å². The third-order valence-corrected chi connectivity index (χ3v) is 5.64. The first-order valence-electron chi connectivity index (χ1n) is 7.92. The van der Waals surface area contributed by atoms with Gasteiger partial charge in [0.2, 0.25) is 5.06 Å². The molecular formula is C17H19Cl2N3OS. The van der Waals surface area contributed by atoms with Crippen molar-refractivity contribution in [3.8, 4) is 10.8 Å². The molecule has 128 valence electrons. The number of ether oxygens (including phenoxy) is 1. The van der Waals surface area contributed by atoms with E-state index in [0.29, 0.717) is 20.9 Å². The lowest BCUT2D eigenvalue weighted by Crippen LogP contribution is -2.27. The van der Waals surface area contributed by atoms with Crippen LogP contribution in [-0.4, -0.2) is 28.7 Å². The van der Waals surface area contributed by atoms with Gasteiger partial charge in [0.15, 0.2) is 0 Å². The molecule has 1 saturated heterocycles. The van der Waals surface area contributed by atoms with Gasteiger partial charge in [0, 0.05) is 30.7 Å². The quantitative estimate of drug-likeness (QED) is 0.479. The van der Waals surface area contributed by atoms with Crippen molar-refractivity contribution in [2.24, 2.45) is 4.99 Å². The van der Waals surface area contributed by atoms with Gasteiger partial charge in [-0.1, -0.05) is 23.2 Å². The summed E-state index contributed by atoms with van der Waals surface area (Å²) in [6.07, 6.45) is 5.64. The minimum atomic E-state index is 0.544. The number of hydrogen-bond acceptors (Lipinski definition) is 4. The molecule has 0 atom stereocenters. The first-order valence-corrected chi connectivity index (χ1v) is 9.45. The Labute approximate surface area is 156 Å². The van der Waals surface area contributed by atoms with Crippen molar-refractivity contribution < 1.29 is 4.74 Å². The van der Waals surface area contributed by atoms with Crippen LogP contribution in [0.15, 0.2) is 17.1 Å². The van der Waals surface area contributed by atoms with Gasteiger partial charge in [-0.15, -0.1) is 0 Å². The lowest BCUT2D eigenvalue weighted by molar-refractivity contribution is 0.351. The summed E-state index contributed by atoms with van der Waals surface area (Å²) in [7, 11) is 0. The summed E-state index contributed by atoms with van der Waals surface area (Å²) in [5.41, 5.74) is 2.47. The number of nitrogens with zero attached hydrogens (tertiary/aromatic N) is 3. The minimum Gasteiger partial charge on any atom is -0.443 e. The molecule has 1 fully saturated rings. The van der Waals surface area contributed by atoms with Crippen molar-refractivity contribution >= 4 is 46.8 Å².